The SMILES string of the molecule is C#CCNC(=O)C(C)Oc1ccc(CNC2CC2)cc1F. The third-order valence-electron chi connectivity index (χ3n) is 3.21. The summed E-state index contributed by atoms with van der Waals surface area (Å²) >= 11 is 0. The van der Waals surface area contributed by atoms with Crippen molar-refractivity contribution >= 4 is 5.91 Å². The minimum atomic E-state index is -0.803. The van der Waals surface area contributed by atoms with Gasteiger partial charge in [0.1, 0.15) is 0 Å². The van der Waals surface area contributed by atoms with Crippen molar-refractivity contribution in [2.75, 3.05) is 6.54 Å². The average molecular weight is 290 g/mol. The number of hydrogen-bond acceptors (Lipinski definition) is 3. The van der Waals surface area contributed by atoms with E-state index in [0.717, 1.165) is 5.56 Å². The van der Waals surface area contributed by atoms with Gasteiger partial charge in [0.05, 0.1) is 6.54 Å². The molecule has 1 aliphatic rings. The number of ether oxygens (including phenoxy) is 1. The van der Waals surface area contributed by atoms with Crippen molar-refractivity contribution < 1.29 is 13.9 Å². The fraction of sp³-hybridized carbons (Fsp3) is 0.438. The van der Waals surface area contributed by atoms with E-state index in [1.807, 2.05) is 0 Å². The first-order chi connectivity index (χ1) is 10.1. The van der Waals surface area contributed by atoms with Crippen molar-refractivity contribution in [3.63, 3.8) is 0 Å². The molecule has 0 aliphatic heterocycles. The van der Waals surface area contributed by atoms with E-state index in [1.54, 1.807) is 19.1 Å². The monoisotopic (exact) mass is 290 g/mol. The Morgan fingerprint density at radius 1 is 1.57 bits per heavy atom. The Labute approximate surface area is 124 Å². The minimum Gasteiger partial charge on any atom is -0.478 e. The molecule has 4 nitrogen and oxygen atoms in total. The summed E-state index contributed by atoms with van der Waals surface area (Å²) in [7, 11) is 0. The number of hydrogen-bond donors (Lipinski definition) is 2. The largest absolute Gasteiger partial charge is 0.478 e. The summed E-state index contributed by atoms with van der Waals surface area (Å²) in [6.07, 6.45) is 6.63. The maximum absolute atomic E-state index is 13.9. The summed E-state index contributed by atoms with van der Waals surface area (Å²) in [6, 6.07) is 5.34. The lowest BCUT2D eigenvalue weighted by Gasteiger charge is -2.15. The van der Waals surface area contributed by atoms with Crippen LogP contribution >= 0.6 is 0 Å². The molecule has 1 fully saturated rings. The fourth-order valence-corrected chi connectivity index (χ4v) is 1.83. The van der Waals surface area contributed by atoms with Gasteiger partial charge in [-0.3, -0.25) is 4.79 Å². The quantitative estimate of drug-likeness (QED) is 0.750. The molecule has 2 rings (SSSR count). The Morgan fingerprint density at radius 2 is 2.33 bits per heavy atom. The number of halogens is 1. The number of nitrogens with one attached hydrogen (secondary N) is 2. The molecule has 21 heavy (non-hydrogen) atoms. The van der Waals surface area contributed by atoms with Crippen LogP contribution in [0.25, 0.3) is 0 Å². The van der Waals surface area contributed by atoms with Gasteiger partial charge in [0, 0.05) is 12.6 Å². The van der Waals surface area contributed by atoms with Crippen LogP contribution in [0.3, 0.4) is 0 Å². The molecule has 0 heterocycles. The average Bonchev–Trinajstić information content (AvgIpc) is 3.29. The number of benzene rings is 1. The summed E-state index contributed by atoms with van der Waals surface area (Å²) in [5.41, 5.74) is 0.858. The zero-order chi connectivity index (χ0) is 15.2. The molecule has 0 saturated heterocycles. The maximum Gasteiger partial charge on any atom is 0.261 e. The smallest absolute Gasteiger partial charge is 0.261 e. The number of rotatable bonds is 7. The summed E-state index contributed by atoms with van der Waals surface area (Å²) in [6.45, 7) is 2.31. The standard InChI is InChI=1S/C16H19FN2O2/c1-3-8-18-16(20)11(2)21-15-7-4-12(9-14(15)17)10-19-13-5-6-13/h1,4,7,9,11,13,19H,5-6,8,10H2,2H3,(H,18,20). The molecule has 1 unspecified atom stereocenters. The van der Waals surface area contributed by atoms with Gasteiger partial charge in [0.15, 0.2) is 17.7 Å². The van der Waals surface area contributed by atoms with E-state index in [1.165, 1.54) is 18.9 Å². The Balaban J connectivity index is 1.90. The van der Waals surface area contributed by atoms with E-state index in [0.29, 0.717) is 12.6 Å². The van der Waals surface area contributed by atoms with Crippen molar-refractivity contribution in [3.8, 4) is 18.1 Å². The summed E-state index contributed by atoms with van der Waals surface area (Å²) in [4.78, 5) is 11.6. The second-order valence-electron chi connectivity index (χ2n) is 5.10. The zero-order valence-electron chi connectivity index (χ0n) is 12.0. The van der Waals surface area contributed by atoms with Crippen molar-refractivity contribution in [1.29, 1.82) is 0 Å². The molecule has 1 aromatic rings. The first-order valence-electron chi connectivity index (χ1n) is 7.00. The highest BCUT2D eigenvalue weighted by Crippen LogP contribution is 2.22. The van der Waals surface area contributed by atoms with Gasteiger partial charge in [-0.25, -0.2) is 4.39 Å². The molecule has 0 radical (unpaired) electrons. The lowest BCUT2D eigenvalue weighted by atomic mass is 10.2. The van der Waals surface area contributed by atoms with Gasteiger partial charge in [-0.2, -0.15) is 0 Å². The van der Waals surface area contributed by atoms with E-state index < -0.39 is 11.9 Å². The van der Waals surface area contributed by atoms with Gasteiger partial charge in [0.2, 0.25) is 0 Å². The molecule has 1 saturated carbocycles. The molecule has 2 N–H and O–H groups in total. The van der Waals surface area contributed by atoms with Crippen molar-refractivity contribution in [2.45, 2.75) is 38.5 Å². The predicted octanol–water partition coefficient (Wildman–Crippen LogP) is 1.59. The summed E-state index contributed by atoms with van der Waals surface area (Å²) in [5.74, 6) is 1.52. The van der Waals surface area contributed by atoms with Gasteiger partial charge in [-0.15, -0.1) is 6.42 Å². The molecule has 1 amide bonds. The normalized spacial score (nSPS) is 15.1. The second kappa shape index (κ2) is 7.09. The molecule has 112 valence electrons. The Morgan fingerprint density at radius 3 is 2.95 bits per heavy atom. The molecule has 0 spiro atoms. The van der Waals surface area contributed by atoms with Crippen LogP contribution in [0, 0.1) is 18.2 Å². The van der Waals surface area contributed by atoms with Gasteiger partial charge in [-0.1, -0.05) is 12.0 Å². The molecular weight excluding hydrogens is 271 g/mol. The minimum absolute atomic E-state index is 0.0635. The van der Waals surface area contributed by atoms with Crippen LogP contribution in [0.2, 0.25) is 0 Å². The topological polar surface area (TPSA) is 50.4 Å². The highest BCUT2D eigenvalue weighted by molar-refractivity contribution is 5.80. The number of terminal acetylenes is 1. The maximum atomic E-state index is 13.9. The molecular formula is C16H19FN2O2. The highest BCUT2D eigenvalue weighted by Gasteiger charge is 2.20. The predicted molar refractivity (Wildman–Crippen MR) is 78.2 cm³/mol. The first-order valence-corrected chi connectivity index (χ1v) is 7.00. The van der Waals surface area contributed by atoms with Crippen molar-refractivity contribution in [2.24, 2.45) is 0 Å². The molecule has 5 heteroatoms. The fourth-order valence-electron chi connectivity index (χ4n) is 1.83. The van der Waals surface area contributed by atoms with Crippen LogP contribution in [0.1, 0.15) is 25.3 Å². The van der Waals surface area contributed by atoms with Crippen LogP contribution < -0.4 is 15.4 Å². The lowest BCUT2D eigenvalue weighted by molar-refractivity contribution is -0.127. The Hall–Kier alpha value is -2.06. The van der Waals surface area contributed by atoms with E-state index in [9.17, 15) is 9.18 Å². The van der Waals surface area contributed by atoms with E-state index in [4.69, 9.17) is 11.2 Å². The molecule has 1 atom stereocenters. The van der Waals surface area contributed by atoms with Crippen molar-refractivity contribution in [3.05, 3.63) is 29.6 Å². The highest BCUT2D eigenvalue weighted by atomic mass is 19.1. The molecule has 1 aliphatic carbocycles. The number of carbonyl (C=O) groups excluding carboxylic acids is 1. The third-order valence-corrected chi connectivity index (χ3v) is 3.21. The van der Waals surface area contributed by atoms with Crippen LogP contribution in [-0.2, 0) is 11.3 Å². The van der Waals surface area contributed by atoms with E-state index in [-0.39, 0.29) is 18.2 Å². The second-order valence-corrected chi connectivity index (χ2v) is 5.10. The summed E-state index contributed by atoms with van der Waals surface area (Å²) < 4.78 is 19.3. The Kier molecular flexibility index (Phi) is 5.18. The third kappa shape index (κ3) is 4.76. The first kappa shape index (κ1) is 15.3. The van der Waals surface area contributed by atoms with Gasteiger partial charge in [0.25, 0.3) is 5.91 Å². The van der Waals surface area contributed by atoms with E-state index >= 15 is 0 Å². The van der Waals surface area contributed by atoms with Crippen LogP contribution in [-0.4, -0.2) is 24.6 Å². The van der Waals surface area contributed by atoms with Gasteiger partial charge >= 0.3 is 0 Å². The Bertz CT molecular complexity index is 550. The lowest BCUT2D eigenvalue weighted by Crippen LogP contribution is -2.36. The number of carbonyl (C=O) groups is 1. The molecule has 1 aromatic carbocycles. The van der Waals surface area contributed by atoms with E-state index in [2.05, 4.69) is 16.6 Å². The van der Waals surface area contributed by atoms with Gasteiger partial charge in [-0.05, 0) is 37.5 Å². The zero-order valence-corrected chi connectivity index (χ0v) is 12.0. The van der Waals surface area contributed by atoms with Crippen LogP contribution in [0.4, 0.5) is 4.39 Å². The van der Waals surface area contributed by atoms with Crippen LogP contribution in [0.5, 0.6) is 5.75 Å². The van der Waals surface area contributed by atoms with Gasteiger partial charge < -0.3 is 15.4 Å². The molecule has 0 aromatic heterocycles. The number of amides is 1. The molecule has 0 bridgehead atoms. The van der Waals surface area contributed by atoms with Crippen molar-refractivity contribution in [1.82, 2.24) is 10.6 Å². The van der Waals surface area contributed by atoms with Crippen LogP contribution in [0.15, 0.2) is 18.2 Å². The summed E-state index contributed by atoms with van der Waals surface area (Å²) in [5, 5.41) is 5.80.